The SMILES string of the molecule is CCN1CCCC1CNC(N)=NCC(C)(C)C(N)=O.I. The van der Waals surface area contributed by atoms with Crippen LogP contribution in [0.3, 0.4) is 0 Å². The zero-order chi connectivity index (χ0) is 14.5. The molecule has 0 aliphatic carbocycles. The van der Waals surface area contributed by atoms with Crippen LogP contribution in [0.5, 0.6) is 0 Å². The van der Waals surface area contributed by atoms with E-state index in [9.17, 15) is 4.79 Å². The van der Waals surface area contributed by atoms with Gasteiger partial charge in [-0.05, 0) is 39.8 Å². The maximum atomic E-state index is 11.2. The minimum Gasteiger partial charge on any atom is -0.370 e. The zero-order valence-corrected chi connectivity index (χ0v) is 15.0. The molecule has 6 nitrogen and oxygen atoms in total. The molecule has 0 aromatic rings. The average molecular weight is 397 g/mol. The number of amides is 1. The van der Waals surface area contributed by atoms with Crippen LogP contribution < -0.4 is 16.8 Å². The Morgan fingerprint density at radius 3 is 2.65 bits per heavy atom. The smallest absolute Gasteiger partial charge is 0.224 e. The third kappa shape index (κ3) is 5.82. The molecule has 20 heavy (non-hydrogen) atoms. The maximum Gasteiger partial charge on any atom is 0.224 e. The number of guanidine groups is 1. The van der Waals surface area contributed by atoms with Crippen LogP contribution in [-0.4, -0.2) is 49.0 Å². The van der Waals surface area contributed by atoms with Crippen LogP contribution in [0.25, 0.3) is 0 Å². The molecule has 1 amide bonds. The van der Waals surface area contributed by atoms with E-state index in [2.05, 4.69) is 22.1 Å². The number of nitrogens with one attached hydrogen (secondary N) is 1. The normalized spacial score (nSPS) is 20.6. The molecule has 1 heterocycles. The molecule has 7 heteroatoms. The van der Waals surface area contributed by atoms with Crippen molar-refractivity contribution in [2.75, 3.05) is 26.2 Å². The Morgan fingerprint density at radius 1 is 1.45 bits per heavy atom. The number of halogens is 1. The van der Waals surface area contributed by atoms with Crippen molar-refractivity contribution in [2.45, 2.75) is 39.7 Å². The van der Waals surface area contributed by atoms with Gasteiger partial charge < -0.3 is 16.8 Å². The van der Waals surface area contributed by atoms with Gasteiger partial charge in [-0.25, -0.2) is 0 Å². The van der Waals surface area contributed by atoms with Gasteiger partial charge in [0.25, 0.3) is 0 Å². The van der Waals surface area contributed by atoms with E-state index >= 15 is 0 Å². The number of likely N-dealkylation sites (N-methyl/N-ethyl adjacent to an activating group) is 1. The van der Waals surface area contributed by atoms with Crippen LogP contribution in [0.1, 0.15) is 33.6 Å². The van der Waals surface area contributed by atoms with Crippen LogP contribution in [0, 0.1) is 5.41 Å². The minimum absolute atomic E-state index is 0. The Morgan fingerprint density at radius 2 is 2.10 bits per heavy atom. The van der Waals surface area contributed by atoms with Gasteiger partial charge in [-0.2, -0.15) is 0 Å². The minimum atomic E-state index is -0.658. The molecular weight excluding hydrogens is 369 g/mol. The highest BCUT2D eigenvalue weighted by Crippen LogP contribution is 2.16. The summed E-state index contributed by atoms with van der Waals surface area (Å²) in [5.41, 5.74) is 10.4. The second kappa shape index (κ2) is 8.66. The van der Waals surface area contributed by atoms with E-state index in [-0.39, 0.29) is 29.9 Å². The Labute approximate surface area is 138 Å². The van der Waals surface area contributed by atoms with Crippen molar-refractivity contribution in [1.29, 1.82) is 0 Å². The molecule has 5 N–H and O–H groups in total. The Balaban J connectivity index is 0.00000361. The number of rotatable bonds is 6. The molecule has 0 spiro atoms. The summed E-state index contributed by atoms with van der Waals surface area (Å²) >= 11 is 0. The van der Waals surface area contributed by atoms with E-state index < -0.39 is 5.41 Å². The molecule has 0 radical (unpaired) electrons. The van der Waals surface area contributed by atoms with Gasteiger partial charge in [0, 0.05) is 12.6 Å². The van der Waals surface area contributed by atoms with E-state index in [0.717, 1.165) is 19.6 Å². The second-order valence-corrected chi connectivity index (χ2v) is 5.76. The molecule has 1 aliphatic heterocycles. The molecule has 1 aliphatic rings. The molecule has 0 aromatic heterocycles. The second-order valence-electron chi connectivity index (χ2n) is 5.76. The van der Waals surface area contributed by atoms with Gasteiger partial charge in [0.05, 0.1) is 12.0 Å². The Kier molecular flexibility index (Phi) is 8.41. The highest BCUT2D eigenvalue weighted by molar-refractivity contribution is 14.0. The zero-order valence-electron chi connectivity index (χ0n) is 12.7. The number of primary amides is 1. The van der Waals surface area contributed by atoms with Gasteiger partial charge in [-0.15, -0.1) is 24.0 Å². The lowest BCUT2D eigenvalue weighted by atomic mass is 9.93. The van der Waals surface area contributed by atoms with Crippen LogP contribution in [0.4, 0.5) is 0 Å². The topological polar surface area (TPSA) is 96.7 Å². The monoisotopic (exact) mass is 397 g/mol. The van der Waals surface area contributed by atoms with Crippen molar-refractivity contribution in [3.8, 4) is 0 Å². The maximum absolute atomic E-state index is 11.2. The number of nitrogens with two attached hydrogens (primary N) is 2. The quantitative estimate of drug-likeness (QED) is 0.346. The van der Waals surface area contributed by atoms with Gasteiger partial charge in [0.2, 0.25) is 5.91 Å². The van der Waals surface area contributed by atoms with Crippen LogP contribution in [-0.2, 0) is 4.79 Å². The van der Waals surface area contributed by atoms with Crippen LogP contribution >= 0.6 is 24.0 Å². The van der Waals surface area contributed by atoms with Crippen molar-refractivity contribution >= 4 is 35.8 Å². The summed E-state index contributed by atoms with van der Waals surface area (Å²) in [5.74, 6) is 0.0225. The predicted octanol–water partition coefficient (Wildman–Crippen LogP) is 0.505. The average Bonchev–Trinajstić information content (AvgIpc) is 2.81. The van der Waals surface area contributed by atoms with E-state index in [1.807, 2.05) is 0 Å². The summed E-state index contributed by atoms with van der Waals surface area (Å²) in [6, 6.07) is 0.530. The molecule has 1 rings (SSSR count). The molecule has 118 valence electrons. The first-order valence-corrected chi connectivity index (χ1v) is 6.94. The molecule has 1 atom stereocenters. The predicted molar refractivity (Wildman–Crippen MR) is 93.2 cm³/mol. The Bertz CT molecular complexity index is 346. The third-order valence-corrected chi connectivity index (χ3v) is 3.74. The van der Waals surface area contributed by atoms with E-state index in [0.29, 0.717) is 18.5 Å². The molecule has 0 bridgehead atoms. The largest absolute Gasteiger partial charge is 0.370 e. The fourth-order valence-electron chi connectivity index (χ4n) is 2.18. The van der Waals surface area contributed by atoms with Gasteiger partial charge in [-0.1, -0.05) is 6.92 Å². The first kappa shape index (κ1) is 19.4. The molecule has 1 fully saturated rings. The summed E-state index contributed by atoms with van der Waals surface area (Å²) in [5, 5.41) is 3.13. The highest BCUT2D eigenvalue weighted by Gasteiger charge is 2.25. The van der Waals surface area contributed by atoms with Crippen LogP contribution in [0.2, 0.25) is 0 Å². The lowest BCUT2D eigenvalue weighted by molar-refractivity contribution is -0.125. The first-order chi connectivity index (χ1) is 8.86. The Hall–Kier alpha value is -0.570. The molecule has 1 saturated heterocycles. The molecule has 0 aromatic carbocycles. The first-order valence-electron chi connectivity index (χ1n) is 6.94. The summed E-state index contributed by atoms with van der Waals surface area (Å²) in [7, 11) is 0. The van der Waals surface area contributed by atoms with E-state index in [4.69, 9.17) is 11.5 Å². The van der Waals surface area contributed by atoms with Crippen LogP contribution in [0.15, 0.2) is 4.99 Å². The summed E-state index contributed by atoms with van der Waals surface area (Å²) in [6.07, 6.45) is 2.44. The standard InChI is InChI=1S/C13H27N5O.HI/c1-4-18-7-5-6-10(18)8-16-12(15)17-9-13(2,3)11(14)19;/h10H,4-9H2,1-3H3,(H2,14,19)(H3,15,16,17);1H. The number of hydrogen-bond donors (Lipinski definition) is 3. The van der Waals surface area contributed by atoms with Crippen molar-refractivity contribution in [3.63, 3.8) is 0 Å². The fraction of sp³-hybridized carbons (Fsp3) is 0.846. The van der Waals surface area contributed by atoms with Crippen molar-refractivity contribution in [3.05, 3.63) is 0 Å². The lowest BCUT2D eigenvalue weighted by Crippen LogP contribution is -2.43. The fourth-order valence-corrected chi connectivity index (χ4v) is 2.18. The molecule has 0 saturated carbocycles. The summed E-state index contributed by atoms with van der Waals surface area (Å²) in [4.78, 5) is 17.8. The summed E-state index contributed by atoms with van der Waals surface area (Å²) < 4.78 is 0. The van der Waals surface area contributed by atoms with Crippen molar-refractivity contribution in [1.82, 2.24) is 10.2 Å². The van der Waals surface area contributed by atoms with Crippen molar-refractivity contribution < 1.29 is 4.79 Å². The number of carbonyl (C=O) groups is 1. The molecular formula is C13H28IN5O. The summed E-state index contributed by atoms with van der Waals surface area (Å²) in [6.45, 7) is 9.05. The number of likely N-dealkylation sites (tertiary alicyclic amines) is 1. The van der Waals surface area contributed by atoms with Gasteiger partial charge >= 0.3 is 0 Å². The van der Waals surface area contributed by atoms with Gasteiger partial charge in [-0.3, -0.25) is 14.7 Å². The number of carbonyl (C=O) groups excluding carboxylic acids is 1. The number of hydrogen-bond acceptors (Lipinski definition) is 3. The lowest BCUT2D eigenvalue weighted by Gasteiger charge is -2.23. The van der Waals surface area contributed by atoms with E-state index in [1.54, 1.807) is 13.8 Å². The molecule has 1 unspecified atom stereocenters. The van der Waals surface area contributed by atoms with Gasteiger partial charge in [0.1, 0.15) is 0 Å². The van der Waals surface area contributed by atoms with Gasteiger partial charge in [0.15, 0.2) is 5.96 Å². The van der Waals surface area contributed by atoms with Crippen molar-refractivity contribution in [2.24, 2.45) is 21.9 Å². The third-order valence-electron chi connectivity index (χ3n) is 3.74. The number of aliphatic imine (C=N–C) groups is 1. The highest BCUT2D eigenvalue weighted by atomic mass is 127. The van der Waals surface area contributed by atoms with E-state index in [1.165, 1.54) is 12.8 Å². The number of nitrogens with zero attached hydrogens (tertiary/aromatic N) is 2.